The first-order valence-electron chi connectivity index (χ1n) is 9.27. The van der Waals surface area contributed by atoms with E-state index < -0.39 is 0 Å². The molecule has 0 heterocycles. The molecular formula is C23H23ClN2O2. The van der Waals surface area contributed by atoms with Crippen molar-refractivity contribution in [2.24, 2.45) is 0 Å². The molecule has 3 aromatic rings. The third-order valence-electron chi connectivity index (χ3n) is 4.15. The second kappa shape index (κ2) is 10.5. The van der Waals surface area contributed by atoms with Crippen molar-refractivity contribution in [2.75, 3.05) is 18.4 Å². The summed E-state index contributed by atoms with van der Waals surface area (Å²) in [6.45, 7) is 1.45. The first kappa shape index (κ1) is 19.9. The SMILES string of the molecule is O=C(CCNCCc1ccc(Cl)cc1)Nc1ccc(Oc2ccccc2)cc1. The Kier molecular flexibility index (Phi) is 7.47. The summed E-state index contributed by atoms with van der Waals surface area (Å²) in [4.78, 5) is 12.1. The highest BCUT2D eigenvalue weighted by Gasteiger charge is 2.03. The molecule has 0 aliphatic heterocycles. The maximum Gasteiger partial charge on any atom is 0.225 e. The zero-order chi connectivity index (χ0) is 19.6. The molecule has 2 N–H and O–H groups in total. The number of benzene rings is 3. The zero-order valence-corrected chi connectivity index (χ0v) is 16.3. The van der Waals surface area contributed by atoms with Gasteiger partial charge in [-0.25, -0.2) is 0 Å². The normalized spacial score (nSPS) is 10.5. The van der Waals surface area contributed by atoms with Gasteiger partial charge in [0.2, 0.25) is 5.91 Å². The number of amides is 1. The van der Waals surface area contributed by atoms with Crippen molar-refractivity contribution < 1.29 is 9.53 Å². The van der Waals surface area contributed by atoms with E-state index >= 15 is 0 Å². The summed E-state index contributed by atoms with van der Waals surface area (Å²) >= 11 is 5.87. The van der Waals surface area contributed by atoms with Gasteiger partial charge >= 0.3 is 0 Å². The van der Waals surface area contributed by atoms with Gasteiger partial charge in [-0.3, -0.25) is 4.79 Å². The highest BCUT2D eigenvalue weighted by Crippen LogP contribution is 2.22. The summed E-state index contributed by atoms with van der Waals surface area (Å²) in [7, 11) is 0. The second-order valence-corrected chi connectivity index (χ2v) is 6.80. The monoisotopic (exact) mass is 394 g/mol. The van der Waals surface area contributed by atoms with Gasteiger partial charge in [-0.2, -0.15) is 0 Å². The van der Waals surface area contributed by atoms with E-state index in [-0.39, 0.29) is 5.91 Å². The van der Waals surface area contributed by atoms with Gasteiger partial charge in [0.25, 0.3) is 0 Å². The van der Waals surface area contributed by atoms with Crippen molar-refractivity contribution in [2.45, 2.75) is 12.8 Å². The van der Waals surface area contributed by atoms with Crippen molar-refractivity contribution >= 4 is 23.2 Å². The van der Waals surface area contributed by atoms with Gasteiger partial charge in [-0.15, -0.1) is 0 Å². The number of hydrogen-bond acceptors (Lipinski definition) is 3. The summed E-state index contributed by atoms with van der Waals surface area (Å²) < 4.78 is 5.74. The Hall–Kier alpha value is -2.82. The van der Waals surface area contributed by atoms with Crippen molar-refractivity contribution in [3.8, 4) is 11.5 Å². The molecule has 0 saturated heterocycles. The maximum absolute atomic E-state index is 12.1. The van der Waals surface area contributed by atoms with Gasteiger partial charge in [0.05, 0.1) is 0 Å². The summed E-state index contributed by atoms with van der Waals surface area (Å²) in [5.74, 6) is 1.49. The van der Waals surface area contributed by atoms with E-state index in [1.54, 1.807) is 0 Å². The fraction of sp³-hybridized carbons (Fsp3) is 0.174. The predicted octanol–water partition coefficient (Wildman–Crippen LogP) is 5.29. The standard InChI is InChI=1S/C23H23ClN2O2/c24-19-8-6-18(7-9-19)14-16-25-17-15-23(27)26-20-10-12-22(13-11-20)28-21-4-2-1-3-5-21/h1-13,25H,14-17H2,(H,26,27). The number of hydrogen-bond donors (Lipinski definition) is 2. The van der Waals surface area contributed by atoms with Crippen LogP contribution in [-0.4, -0.2) is 19.0 Å². The van der Waals surface area contributed by atoms with Gasteiger partial charge in [-0.1, -0.05) is 41.9 Å². The second-order valence-electron chi connectivity index (χ2n) is 6.36. The maximum atomic E-state index is 12.1. The van der Waals surface area contributed by atoms with Crippen LogP contribution >= 0.6 is 11.6 Å². The predicted molar refractivity (Wildman–Crippen MR) is 114 cm³/mol. The molecule has 0 atom stereocenters. The molecule has 0 saturated carbocycles. The molecule has 0 spiro atoms. The van der Waals surface area contributed by atoms with Crippen LogP contribution in [0.3, 0.4) is 0 Å². The average molecular weight is 395 g/mol. The minimum atomic E-state index is -0.0179. The molecule has 0 unspecified atom stereocenters. The summed E-state index contributed by atoms with van der Waals surface area (Å²) in [6, 6.07) is 24.8. The van der Waals surface area contributed by atoms with Crippen molar-refractivity contribution in [3.05, 3.63) is 89.4 Å². The molecule has 1 amide bonds. The molecule has 3 aromatic carbocycles. The van der Waals surface area contributed by atoms with Crippen LogP contribution in [-0.2, 0) is 11.2 Å². The largest absolute Gasteiger partial charge is 0.457 e. The van der Waals surface area contributed by atoms with Crippen LogP contribution < -0.4 is 15.4 Å². The Morgan fingerprint density at radius 2 is 1.50 bits per heavy atom. The minimum Gasteiger partial charge on any atom is -0.457 e. The van der Waals surface area contributed by atoms with Crippen LogP contribution in [0.15, 0.2) is 78.9 Å². The van der Waals surface area contributed by atoms with E-state index in [0.717, 1.165) is 35.2 Å². The molecule has 4 nitrogen and oxygen atoms in total. The summed E-state index contributed by atoms with van der Waals surface area (Å²) in [6.07, 6.45) is 1.32. The number of carbonyl (C=O) groups excluding carboxylic acids is 1. The Labute approximate surface area is 170 Å². The molecule has 3 rings (SSSR count). The Morgan fingerprint density at radius 1 is 0.821 bits per heavy atom. The smallest absolute Gasteiger partial charge is 0.225 e. The Bertz CT molecular complexity index is 865. The fourth-order valence-electron chi connectivity index (χ4n) is 2.67. The lowest BCUT2D eigenvalue weighted by Gasteiger charge is -2.09. The molecule has 0 bridgehead atoms. The first-order chi connectivity index (χ1) is 13.7. The van der Waals surface area contributed by atoms with E-state index in [2.05, 4.69) is 10.6 Å². The van der Waals surface area contributed by atoms with Crippen molar-refractivity contribution in [1.82, 2.24) is 5.32 Å². The lowest BCUT2D eigenvalue weighted by atomic mass is 10.1. The first-order valence-corrected chi connectivity index (χ1v) is 9.65. The molecule has 144 valence electrons. The molecular weight excluding hydrogens is 372 g/mol. The van der Waals surface area contributed by atoms with Crippen molar-refractivity contribution in [3.63, 3.8) is 0 Å². The van der Waals surface area contributed by atoms with Crippen LogP contribution in [0, 0.1) is 0 Å². The Balaban J connectivity index is 1.34. The summed E-state index contributed by atoms with van der Waals surface area (Å²) in [5.41, 5.74) is 1.98. The Morgan fingerprint density at radius 3 is 2.21 bits per heavy atom. The number of halogens is 1. The molecule has 28 heavy (non-hydrogen) atoms. The van der Waals surface area contributed by atoms with E-state index in [0.29, 0.717) is 13.0 Å². The lowest BCUT2D eigenvalue weighted by molar-refractivity contribution is -0.116. The van der Waals surface area contributed by atoms with E-state index in [9.17, 15) is 4.79 Å². The van der Waals surface area contributed by atoms with Gasteiger partial charge in [-0.05, 0) is 67.1 Å². The molecule has 5 heteroatoms. The average Bonchev–Trinajstić information content (AvgIpc) is 2.71. The van der Waals surface area contributed by atoms with Crippen LogP contribution in [0.2, 0.25) is 5.02 Å². The van der Waals surface area contributed by atoms with Crippen molar-refractivity contribution in [1.29, 1.82) is 0 Å². The van der Waals surface area contributed by atoms with Crippen LogP contribution in [0.4, 0.5) is 5.69 Å². The molecule has 0 aromatic heterocycles. The minimum absolute atomic E-state index is 0.0179. The quantitative estimate of drug-likeness (QED) is 0.484. The van der Waals surface area contributed by atoms with E-state index in [1.807, 2.05) is 78.9 Å². The van der Waals surface area contributed by atoms with Gasteiger partial charge in [0, 0.05) is 23.7 Å². The fourth-order valence-corrected chi connectivity index (χ4v) is 2.79. The number of carbonyl (C=O) groups is 1. The summed E-state index contributed by atoms with van der Waals surface area (Å²) in [5, 5.41) is 6.93. The molecule has 0 fully saturated rings. The van der Waals surface area contributed by atoms with Gasteiger partial charge in [0.15, 0.2) is 0 Å². The topological polar surface area (TPSA) is 50.4 Å². The lowest BCUT2D eigenvalue weighted by Crippen LogP contribution is -2.23. The van der Waals surface area contributed by atoms with Crippen LogP contribution in [0.1, 0.15) is 12.0 Å². The van der Waals surface area contributed by atoms with Crippen LogP contribution in [0.25, 0.3) is 0 Å². The highest BCUT2D eigenvalue weighted by molar-refractivity contribution is 6.30. The number of nitrogens with one attached hydrogen (secondary N) is 2. The number of para-hydroxylation sites is 1. The van der Waals surface area contributed by atoms with E-state index in [4.69, 9.17) is 16.3 Å². The molecule has 0 aliphatic rings. The number of anilines is 1. The third kappa shape index (κ3) is 6.72. The molecule has 0 radical (unpaired) electrons. The molecule has 0 aliphatic carbocycles. The van der Waals surface area contributed by atoms with Crippen LogP contribution in [0.5, 0.6) is 11.5 Å². The number of rotatable bonds is 9. The van der Waals surface area contributed by atoms with Gasteiger partial charge in [0.1, 0.15) is 11.5 Å². The van der Waals surface area contributed by atoms with E-state index in [1.165, 1.54) is 5.56 Å². The third-order valence-corrected chi connectivity index (χ3v) is 4.40. The zero-order valence-electron chi connectivity index (χ0n) is 15.5. The number of ether oxygens (including phenoxy) is 1. The van der Waals surface area contributed by atoms with Gasteiger partial charge < -0.3 is 15.4 Å². The highest BCUT2D eigenvalue weighted by atomic mass is 35.5.